The fraction of sp³-hybridized carbons (Fsp3) is 0.0909. The number of rotatable bonds is 2. The van der Waals surface area contributed by atoms with Crippen LogP contribution in [0.15, 0.2) is 30.6 Å². The van der Waals surface area contributed by atoms with Crippen molar-refractivity contribution in [1.29, 1.82) is 0 Å². The van der Waals surface area contributed by atoms with Crippen LogP contribution in [0, 0.1) is 11.6 Å². The average molecular weight is 221 g/mol. The van der Waals surface area contributed by atoms with E-state index in [0.29, 0.717) is 5.56 Å². The standard InChI is InChI=1S/C11H9F2N3/c12-8-3-1-7(2-4-8)11-10(13)9(5-14)15-6-16-11/h1-4,6H,5,14H2. The highest BCUT2D eigenvalue weighted by Gasteiger charge is 2.11. The van der Waals surface area contributed by atoms with Crippen LogP contribution in [0.25, 0.3) is 11.3 Å². The van der Waals surface area contributed by atoms with Crippen molar-refractivity contribution in [1.82, 2.24) is 9.97 Å². The Labute approximate surface area is 91.0 Å². The van der Waals surface area contributed by atoms with Gasteiger partial charge in [-0.05, 0) is 24.3 Å². The number of nitrogens with zero attached hydrogens (tertiary/aromatic N) is 2. The van der Waals surface area contributed by atoms with Gasteiger partial charge in [0.2, 0.25) is 0 Å². The molecule has 0 amide bonds. The summed E-state index contributed by atoms with van der Waals surface area (Å²) in [5.74, 6) is -0.936. The molecule has 1 aromatic carbocycles. The lowest BCUT2D eigenvalue weighted by Crippen LogP contribution is -2.05. The van der Waals surface area contributed by atoms with Gasteiger partial charge in [-0.1, -0.05) is 0 Å². The van der Waals surface area contributed by atoms with Crippen molar-refractivity contribution in [3.8, 4) is 11.3 Å². The maximum atomic E-state index is 13.8. The molecule has 2 rings (SSSR count). The summed E-state index contributed by atoms with van der Waals surface area (Å²) in [4.78, 5) is 7.54. The summed E-state index contributed by atoms with van der Waals surface area (Å²) >= 11 is 0. The number of aromatic nitrogens is 2. The molecule has 0 saturated heterocycles. The van der Waals surface area contributed by atoms with Crippen LogP contribution >= 0.6 is 0 Å². The lowest BCUT2D eigenvalue weighted by Gasteiger charge is -2.04. The predicted octanol–water partition coefficient (Wildman–Crippen LogP) is 1.88. The molecule has 2 N–H and O–H groups in total. The van der Waals surface area contributed by atoms with Gasteiger partial charge in [-0.2, -0.15) is 0 Å². The minimum absolute atomic E-state index is 0.00253. The molecule has 0 aliphatic rings. The van der Waals surface area contributed by atoms with Crippen LogP contribution in [0.1, 0.15) is 5.69 Å². The van der Waals surface area contributed by atoms with Crippen LogP contribution < -0.4 is 5.73 Å². The Bertz CT molecular complexity index is 497. The van der Waals surface area contributed by atoms with Gasteiger partial charge in [-0.3, -0.25) is 0 Å². The Balaban J connectivity index is 2.51. The maximum Gasteiger partial charge on any atom is 0.172 e. The molecule has 2 aromatic rings. The molecule has 3 nitrogen and oxygen atoms in total. The van der Waals surface area contributed by atoms with Gasteiger partial charge >= 0.3 is 0 Å². The van der Waals surface area contributed by atoms with Gasteiger partial charge < -0.3 is 5.73 Å². The van der Waals surface area contributed by atoms with Crippen LogP contribution in [0.3, 0.4) is 0 Å². The van der Waals surface area contributed by atoms with Crippen LogP contribution in [0.5, 0.6) is 0 Å². The minimum Gasteiger partial charge on any atom is -0.325 e. The lowest BCUT2D eigenvalue weighted by molar-refractivity contribution is 0.595. The van der Waals surface area contributed by atoms with Crippen molar-refractivity contribution in [2.45, 2.75) is 6.54 Å². The third-order valence-corrected chi connectivity index (χ3v) is 2.17. The molecule has 0 aliphatic carbocycles. The van der Waals surface area contributed by atoms with Crippen molar-refractivity contribution in [3.63, 3.8) is 0 Å². The van der Waals surface area contributed by atoms with E-state index >= 15 is 0 Å². The zero-order valence-corrected chi connectivity index (χ0v) is 8.32. The van der Waals surface area contributed by atoms with E-state index in [1.807, 2.05) is 0 Å². The van der Waals surface area contributed by atoms with Gasteiger partial charge in [0.25, 0.3) is 0 Å². The summed E-state index contributed by atoms with van der Waals surface area (Å²) < 4.78 is 26.5. The van der Waals surface area contributed by atoms with Crippen molar-refractivity contribution in [3.05, 3.63) is 47.9 Å². The van der Waals surface area contributed by atoms with E-state index < -0.39 is 5.82 Å². The Morgan fingerprint density at radius 2 is 1.75 bits per heavy atom. The molecule has 82 valence electrons. The average Bonchev–Trinajstić information content (AvgIpc) is 2.31. The second-order valence-electron chi connectivity index (χ2n) is 3.19. The first-order valence-corrected chi connectivity index (χ1v) is 4.67. The van der Waals surface area contributed by atoms with Crippen LogP contribution in [0.2, 0.25) is 0 Å². The number of halogens is 2. The van der Waals surface area contributed by atoms with Crippen LogP contribution in [-0.2, 0) is 6.54 Å². The Kier molecular flexibility index (Phi) is 2.87. The van der Waals surface area contributed by atoms with E-state index in [-0.39, 0.29) is 23.7 Å². The number of hydrogen-bond donors (Lipinski definition) is 1. The van der Waals surface area contributed by atoms with Crippen molar-refractivity contribution < 1.29 is 8.78 Å². The third kappa shape index (κ3) is 1.90. The topological polar surface area (TPSA) is 51.8 Å². The molecule has 0 saturated carbocycles. The van der Waals surface area contributed by atoms with E-state index in [2.05, 4.69) is 9.97 Å². The molecule has 1 aromatic heterocycles. The van der Waals surface area contributed by atoms with Crippen LogP contribution in [-0.4, -0.2) is 9.97 Å². The first-order chi connectivity index (χ1) is 7.72. The highest BCUT2D eigenvalue weighted by Crippen LogP contribution is 2.21. The largest absolute Gasteiger partial charge is 0.325 e. The van der Waals surface area contributed by atoms with E-state index in [1.54, 1.807) is 0 Å². The van der Waals surface area contributed by atoms with Gasteiger partial charge in [0.1, 0.15) is 17.8 Å². The minimum atomic E-state index is -0.559. The molecule has 0 radical (unpaired) electrons. The Morgan fingerprint density at radius 1 is 1.06 bits per heavy atom. The lowest BCUT2D eigenvalue weighted by atomic mass is 10.1. The summed E-state index contributed by atoms with van der Waals surface area (Å²) in [6.45, 7) is 0.00253. The molecule has 0 atom stereocenters. The Hall–Kier alpha value is -1.88. The van der Waals surface area contributed by atoms with E-state index in [1.165, 1.54) is 30.6 Å². The second kappa shape index (κ2) is 4.32. The van der Waals surface area contributed by atoms with Gasteiger partial charge in [0.05, 0.1) is 5.69 Å². The highest BCUT2D eigenvalue weighted by molar-refractivity contribution is 5.59. The summed E-state index contributed by atoms with van der Waals surface area (Å²) in [5, 5.41) is 0. The molecule has 0 fully saturated rings. The van der Waals surface area contributed by atoms with Crippen molar-refractivity contribution >= 4 is 0 Å². The molecule has 1 heterocycles. The monoisotopic (exact) mass is 221 g/mol. The van der Waals surface area contributed by atoms with Gasteiger partial charge in [0, 0.05) is 12.1 Å². The van der Waals surface area contributed by atoms with E-state index in [4.69, 9.17) is 5.73 Å². The summed E-state index contributed by atoms with van der Waals surface area (Å²) in [7, 11) is 0. The molecular weight excluding hydrogens is 212 g/mol. The molecule has 0 unspecified atom stereocenters. The molecule has 5 heteroatoms. The second-order valence-corrected chi connectivity index (χ2v) is 3.19. The third-order valence-electron chi connectivity index (χ3n) is 2.17. The van der Waals surface area contributed by atoms with Gasteiger partial charge in [0.15, 0.2) is 5.82 Å². The molecular formula is C11H9F2N3. The number of nitrogens with two attached hydrogens (primary N) is 1. The van der Waals surface area contributed by atoms with Crippen molar-refractivity contribution in [2.75, 3.05) is 0 Å². The fourth-order valence-electron chi connectivity index (χ4n) is 1.36. The zero-order valence-electron chi connectivity index (χ0n) is 8.32. The summed E-state index contributed by atoms with van der Waals surface area (Å²) in [6, 6.07) is 5.42. The smallest absolute Gasteiger partial charge is 0.172 e. The first kappa shape index (κ1) is 10.6. The summed E-state index contributed by atoms with van der Waals surface area (Å²) in [6.07, 6.45) is 1.24. The molecule has 0 bridgehead atoms. The van der Waals surface area contributed by atoms with Crippen molar-refractivity contribution in [2.24, 2.45) is 5.73 Å². The molecule has 16 heavy (non-hydrogen) atoms. The molecule has 0 aliphatic heterocycles. The quantitative estimate of drug-likeness (QED) is 0.842. The zero-order chi connectivity index (χ0) is 11.5. The number of hydrogen-bond acceptors (Lipinski definition) is 3. The van der Waals surface area contributed by atoms with E-state index in [0.717, 1.165) is 0 Å². The first-order valence-electron chi connectivity index (χ1n) is 4.67. The van der Waals surface area contributed by atoms with Gasteiger partial charge in [-0.15, -0.1) is 0 Å². The Morgan fingerprint density at radius 3 is 2.38 bits per heavy atom. The van der Waals surface area contributed by atoms with E-state index in [9.17, 15) is 8.78 Å². The highest BCUT2D eigenvalue weighted by atomic mass is 19.1. The SMILES string of the molecule is NCc1ncnc(-c2ccc(F)cc2)c1F. The maximum absolute atomic E-state index is 13.8. The summed E-state index contributed by atoms with van der Waals surface area (Å²) in [5.41, 5.74) is 6.11. The fourth-order valence-corrected chi connectivity index (χ4v) is 1.36. The molecule has 0 spiro atoms. The predicted molar refractivity (Wildman–Crippen MR) is 55.3 cm³/mol. The van der Waals surface area contributed by atoms with Crippen LogP contribution in [0.4, 0.5) is 8.78 Å². The number of benzene rings is 1. The van der Waals surface area contributed by atoms with Gasteiger partial charge in [-0.25, -0.2) is 18.7 Å². The normalized spacial score (nSPS) is 10.4.